The molecule has 3 aromatic rings. The Morgan fingerprint density at radius 3 is 2.52 bits per heavy atom. The summed E-state index contributed by atoms with van der Waals surface area (Å²) in [5, 5.41) is 5.19. The van der Waals surface area contributed by atoms with Gasteiger partial charge in [0.05, 0.1) is 6.61 Å². The first kappa shape index (κ1) is 17.0. The molecule has 0 unspecified atom stereocenters. The van der Waals surface area contributed by atoms with Crippen molar-refractivity contribution in [3.05, 3.63) is 72.3 Å². The largest absolute Gasteiger partial charge is 0.494 e. The van der Waals surface area contributed by atoms with Crippen LogP contribution in [0.15, 0.2) is 66.7 Å². The zero-order chi connectivity index (χ0) is 17.5. The number of ether oxygens (including phenoxy) is 1. The first-order valence-electron chi connectivity index (χ1n) is 8.75. The van der Waals surface area contributed by atoms with E-state index in [0.29, 0.717) is 19.4 Å². The van der Waals surface area contributed by atoms with Crippen LogP contribution in [0.25, 0.3) is 10.8 Å². The number of rotatable bonds is 7. The summed E-state index contributed by atoms with van der Waals surface area (Å²) in [5.41, 5.74) is 2.15. The maximum absolute atomic E-state index is 12.2. The minimum absolute atomic E-state index is 0.0151. The zero-order valence-corrected chi connectivity index (χ0v) is 14.5. The van der Waals surface area contributed by atoms with Crippen molar-refractivity contribution in [2.45, 2.75) is 26.2 Å². The lowest BCUT2D eigenvalue weighted by atomic mass is 10.1. The molecule has 0 fully saturated rings. The Morgan fingerprint density at radius 1 is 0.960 bits per heavy atom. The van der Waals surface area contributed by atoms with E-state index < -0.39 is 0 Å². The number of aryl methyl sites for hydroxylation is 1. The van der Waals surface area contributed by atoms with Gasteiger partial charge >= 0.3 is 0 Å². The minimum Gasteiger partial charge on any atom is -0.494 e. The molecule has 1 amide bonds. The molecule has 3 rings (SSSR count). The lowest BCUT2D eigenvalue weighted by Gasteiger charge is -2.09. The van der Waals surface area contributed by atoms with Crippen LogP contribution in [-0.2, 0) is 11.2 Å². The Morgan fingerprint density at radius 2 is 1.72 bits per heavy atom. The van der Waals surface area contributed by atoms with Crippen LogP contribution in [0.5, 0.6) is 5.75 Å². The van der Waals surface area contributed by atoms with Crippen molar-refractivity contribution < 1.29 is 9.53 Å². The molecule has 0 bridgehead atoms. The molecule has 0 aliphatic rings. The number of carbonyl (C=O) groups excluding carboxylic acids is 1. The van der Waals surface area contributed by atoms with Crippen LogP contribution in [0.1, 0.15) is 25.3 Å². The summed E-state index contributed by atoms with van der Waals surface area (Å²) in [6.45, 7) is 2.67. The van der Waals surface area contributed by atoms with E-state index >= 15 is 0 Å². The van der Waals surface area contributed by atoms with Gasteiger partial charge in [0.2, 0.25) is 5.91 Å². The molecule has 3 heteroatoms. The Kier molecular flexibility index (Phi) is 5.68. The summed E-state index contributed by atoms with van der Waals surface area (Å²) in [6, 6.07) is 22.1. The predicted molar refractivity (Wildman–Crippen MR) is 103 cm³/mol. The zero-order valence-electron chi connectivity index (χ0n) is 14.5. The number of hydrogen-bond donors (Lipinski definition) is 1. The van der Waals surface area contributed by atoms with Crippen LogP contribution >= 0.6 is 0 Å². The fourth-order valence-electron chi connectivity index (χ4n) is 2.79. The van der Waals surface area contributed by atoms with Crippen molar-refractivity contribution >= 4 is 22.4 Å². The van der Waals surface area contributed by atoms with E-state index in [1.165, 1.54) is 5.56 Å². The van der Waals surface area contributed by atoms with Crippen LogP contribution in [0, 0.1) is 0 Å². The van der Waals surface area contributed by atoms with E-state index in [1.807, 2.05) is 54.6 Å². The highest BCUT2D eigenvalue weighted by Crippen LogP contribution is 2.23. The van der Waals surface area contributed by atoms with Crippen molar-refractivity contribution in [1.82, 2.24) is 0 Å². The molecule has 0 atom stereocenters. The first-order chi connectivity index (χ1) is 12.3. The van der Waals surface area contributed by atoms with Gasteiger partial charge in [-0.3, -0.25) is 4.79 Å². The van der Waals surface area contributed by atoms with Crippen molar-refractivity contribution in [3.8, 4) is 5.75 Å². The molecule has 0 saturated heterocycles. The summed E-state index contributed by atoms with van der Waals surface area (Å²) in [7, 11) is 0. The number of benzene rings is 3. The molecule has 0 aliphatic carbocycles. The van der Waals surface area contributed by atoms with Crippen molar-refractivity contribution in [1.29, 1.82) is 0 Å². The number of carbonyl (C=O) groups is 1. The van der Waals surface area contributed by atoms with E-state index in [9.17, 15) is 4.79 Å². The lowest BCUT2D eigenvalue weighted by molar-refractivity contribution is -0.116. The van der Waals surface area contributed by atoms with Crippen LogP contribution in [0.3, 0.4) is 0 Å². The van der Waals surface area contributed by atoms with E-state index in [2.05, 4.69) is 24.4 Å². The summed E-state index contributed by atoms with van der Waals surface area (Å²) < 4.78 is 5.70. The van der Waals surface area contributed by atoms with Gasteiger partial charge in [-0.15, -0.1) is 0 Å². The highest BCUT2D eigenvalue weighted by atomic mass is 16.5. The van der Waals surface area contributed by atoms with Gasteiger partial charge in [-0.25, -0.2) is 0 Å². The Balaban J connectivity index is 1.47. The first-order valence-corrected chi connectivity index (χ1v) is 8.75. The third-order valence-corrected chi connectivity index (χ3v) is 4.21. The van der Waals surface area contributed by atoms with Crippen LogP contribution < -0.4 is 10.1 Å². The number of anilines is 1. The number of fused-ring (bicyclic) bond motifs is 1. The van der Waals surface area contributed by atoms with Gasteiger partial charge in [0.1, 0.15) is 5.75 Å². The number of amides is 1. The quantitative estimate of drug-likeness (QED) is 0.604. The number of hydrogen-bond acceptors (Lipinski definition) is 2. The van der Waals surface area contributed by atoms with Crippen molar-refractivity contribution in [3.63, 3.8) is 0 Å². The molecule has 0 aliphatic heterocycles. The average Bonchev–Trinajstić information content (AvgIpc) is 2.66. The van der Waals surface area contributed by atoms with E-state index in [-0.39, 0.29) is 5.91 Å². The SMILES string of the molecule is CCc1ccc(OCCCC(=O)Nc2cccc3ccccc23)cc1. The monoisotopic (exact) mass is 333 g/mol. The molecule has 25 heavy (non-hydrogen) atoms. The average molecular weight is 333 g/mol. The summed E-state index contributed by atoms with van der Waals surface area (Å²) in [6.07, 6.45) is 2.15. The Bertz CT molecular complexity index is 835. The third-order valence-electron chi connectivity index (χ3n) is 4.21. The van der Waals surface area contributed by atoms with Crippen LogP contribution in [-0.4, -0.2) is 12.5 Å². The van der Waals surface area contributed by atoms with Crippen LogP contribution in [0.2, 0.25) is 0 Å². The molecule has 128 valence electrons. The summed E-state index contributed by atoms with van der Waals surface area (Å²) in [5.74, 6) is 0.868. The second kappa shape index (κ2) is 8.34. The van der Waals surface area contributed by atoms with Gasteiger partial charge in [0.15, 0.2) is 0 Å². The fourth-order valence-corrected chi connectivity index (χ4v) is 2.79. The molecule has 0 saturated carbocycles. The molecule has 3 aromatic carbocycles. The standard InChI is InChI=1S/C22H23NO2/c1-2-17-12-14-19(15-13-17)25-16-6-11-22(24)23-21-10-5-8-18-7-3-4-9-20(18)21/h3-5,7-10,12-15H,2,6,11,16H2,1H3,(H,23,24). The Hall–Kier alpha value is -2.81. The molecule has 0 heterocycles. The molecule has 3 nitrogen and oxygen atoms in total. The second-order valence-corrected chi connectivity index (χ2v) is 6.02. The van der Waals surface area contributed by atoms with Crippen molar-refractivity contribution in [2.24, 2.45) is 0 Å². The Labute approximate surface area is 148 Å². The lowest BCUT2D eigenvalue weighted by Crippen LogP contribution is -2.13. The topological polar surface area (TPSA) is 38.3 Å². The molecular weight excluding hydrogens is 310 g/mol. The number of nitrogens with one attached hydrogen (secondary N) is 1. The maximum atomic E-state index is 12.2. The summed E-state index contributed by atoms with van der Waals surface area (Å²) >= 11 is 0. The van der Waals surface area contributed by atoms with Crippen LogP contribution in [0.4, 0.5) is 5.69 Å². The normalized spacial score (nSPS) is 10.6. The van der Waals surface area contributed by atoms with E-state index in [0.717, 1.165) is 28.6 Å². The highest BCUT2D eigenvalue weighted by molar-refractivity contribution is 6.02. The summed E-state index contributed by atoms with van der Waals surface area (Å²) in [4.78, 5) is 12.2. The van der Waals surface area contributed by atoms with Gasteiger partial charge in [-0.2, -0.15) is 0 Å². The molecule has 0 radical (unpaired) electrons. The molecule has 0 spiro atoms. The molecular formula is C22H23NO2. The molecule has 1 N–H and O–H groups in total. The van der Waals surface area contributed by atoms with Gasteiger partial charge in [0.25, 0.3) is 0 Å². The van der Waals surface area contributed by atoms with Crippen molar-refractivity contribution in [2.75, 3.05) is 11.9 Å². The van der Waals surface area contributed by atoms with Gasteiger partial charge in [-0.1, -0.05) is 55.5 Å². The van der Waals surface area contributed by atoms with Gasteiger partial charge < -0.3 is 10.1 Å². The second-order valence-electron chi connectivity index (χ2n) is 6.02. The molecule has 0 aromatic heterocycles. The van der Waals surface area contributed by atoms with E-state index in [4.69, 9.17) is 4.74 Å². The maximum Gasteiger partial charge on any atom is 0.224 e. The predicted octanol–water partition coefficient (Wildman–Crippen LogP) is 5.20. The highest BCUT2D eigenvalue weighted by Gasteiger charge is 2.05. The van der Waals surface area contributed by atoms with Gasteiger partial charge in [0, 0.05) is 17.5 Å². The van der Waals surface area contributed by atoms with E-state index in [1.54, 1.807) is 0 Å². The third kappa shape index (κ3) is 4.60. The minimum atomic E-state index is 0.0151. The fraction of sp³-hybridized carbons (Fsp3) is 0.227. The smallest absolute Gasteiger partial charge is 0.224 e. The van der Waals surface area contributed by atoms with Gasteiger partial charge in [-0.05, 0) is 42.0 Å².